The number of hydrogen-bond donors (Lipinski definition) is 0. The van der Waals surface area contributed by atoms with Crippen molar-refractivity contribution in [3.05, 3.63) is 33.7 Å². The fourth-order valence-electron chi connectivity index (χ4n) is 1.90. The maximum Gasteiger partial charge on any atom is 0.326 e. The Balaban J connectivity index is 2.18. The fourth-order valence-corrected chi connectivity index (χ4v) is 3.00. The van der Waals surface area contributed by atoms with Crippen LogP contribution in [0, 0.1) is 0 Å². The van der Waals surface area contributed by atoms with Gasteiger partial charge in [0.25, 0.3) is 11.1 Å². The Bertz CT molecular complexity index is 688. The average molecular weight is 356 g/mol. The third-order valence-electron chi connectivity index (χ3n) is 2.94. The lowest BCUT2D eigenvalue weighted by molar-refractivity contribution is -0.145. The molecule has 2 rings (SSSR count). The van der Waals surface area contributed by atoms with Crippen LogP contribution in [0.1, 0.15) is 12.5 Å². The van der Waals surface area contributed by atoms with Crippen LogP contribution in [0.3, 0.4) is 0 Å². The minimum Gasteiger partial charge on any atom is -0.495 e. The zero-order valence-electron chi connectivity index (χ0n) is 12.5. The Labute approximate surface area is 142 Å². The van der Waals surface area contributed by atoms with E-state index >= 15 is 0 Å². The minimum absolute atomic E-state index is 0.190. The summed E-state index contributed by atoms with van der Waals surface area (Å²) in [5.41, 5.74) is 0.650. The summed E-state index contributed by atoms with van der Waals surface area (Å²) in [6, 6.07) is 5.00. The molecule has 1 heterocycles. The number of ether oxygens (including phenoxy) is 2. The van der Waals surface area contributed by atoms with Gasteiger partial charge in [-0.05, 0) is 42.5 Å². The number of benzene rings is 1. The molecule has 122 valence electrons. The van der Waals surface area contributed by atoms with Crippen LogP contribution in [0.5, 0.6) is 5.75 Å². The molecular formula is C15H14ClNO5S. The summed E-state index contributed by atoms with van der Waals surface area (Å²) in [6.45, 7) is 1.45. The third kappa shape index (κ3) is 4.05. The Kier molecular flexibility index (Phi) is 5.68. The minimum atomic E-state index is -0.622. The van der Waals surface area contributed by atoms with E-state index in [-0.39, 0.29) is 18.1 Å². The van der Waals surface area contributed by atoms with Gasteiger partial charge in [0.15, 0.2) is 0 Å². The molecule has 1 fully saturated rings. The molecular weight excluding hydrogens is 342 g/mol. The Morgan fingerprint density at radius 1 is 1.39 bits per heavy atom. The quantitative estimate of drug-likeness (QED) is 0.597. The zero-order valence-corrected chi connectivity index (χ0v) is 14.1. The van der Waals surface area contributed by atoms with Gasteiger partial charge < -0.3 is 9.47 Å². The Hall–Kier alpha value is -1.99. The van der Waals surface area contributed by atoms with Crippen molar-refractivity contribution in [2.24, 2.45) is 0 Å². The highest BCUT2D eigenvalue weighted by Crippen LogP contribution is 2.33. The summed E-state index contributed by atoms with van der Waals surface area (Å²) < 4.78 is 9.80. The topological polar surface area (TPSA) is 72.9 Å². The van der Waals surface area contributed by atoms with E-state index in [0.717, 1.165) is 16.7 Å². The lowest BCUT2D eigenvalue weighted by atomic mass is 10.2. The molecule has 8 heteroatoms. The first-order valence-corrected chi connectivity index (χ1v) is 7.90. The molecule has 2 amide bonds. The summed E-state index contributed by atoms with van der Waals surface area (Å²) in [7, 11) is 1.50. The van der Waals surface area contributed by atoms with Crippen molar-refractivity contribution in [3.8, 4) is 5.75 Å². The van der Waals surface area contributed by atoms with Crippen LogP contribution in [-0.4, -0.2) is 42.3 Å². The SMILES string of the molecule is CCOC(=O)CN1C(=O)S/C(=C\c2ccc(OC)c(Cl)c2)C1=O. The van der Waals surface area contributed by atoms with E-state index in [0.29, 0.717) is 16.3 Å². The molecule has 0 bridgehead atoms. The van der Waals surface area contributed by atoms with Gasteiger partial charge in [0.1, 0.15) is 12.3 Å². The number of esters is 1. The number of thioether (sulfide) groups is 1. The lowest BCUT2D eigenvalue weighted by Gasteiger charge is -2.10. The third-order valence-corrected chi connectivity index (χ3v) is 4.14. The lowest BCUT2D eigenvalue weighted by Crippen LogP contribution is -2.34. The molecule has 1 aliphatic heterocycles. The van der Waals surface area contributed by atoms with E-state index < -0.39 is 17.1 Å². The second kappa shape index (κ2) is 7.52. The van der Waals surface area contributed by atoms with Crippen LogP contribution in [0.15, 0.2) is 23.1 Å². The molecule has 0 spiro atoms. The van der Waals surface area contributed by atoms with E-state index in [1.807, 2.05) is 0 Å². The number of carbonyl (C=O) groups excluding carboxylic acids is 3. The molecule has 0 aliphatic carbocycles. The second-order valence-electron chi connectivity index (χ2n) is 4.47. The number of carbonyl (C=O) groups is 3. The zero-order chi connectivity index (χ0) is 17.0. The Morgan fingerprint density at radius 2 is 2.13 bits per heavy atom. The number of methoxy groups -OCH3 is 1. The molecule has 0 saturated carbocycles. The number of imide groups is 1. The van der Waals surface area contributed by atoms with E-state index in [1.165, 1.54) is 7.11 Å². The first-order chi connectivity index (χ1) is 11.0. The van der Waals surface area contributed by atoms with Crippen molar-refractivity contribution >= 4 is 46.6 Å². The molecule has 1 aliphatic rings. The van der Waals surface area contributed by atoms with Crippen molar-refractivity contribution in [3.63, 3.8) is 0 Å². The van der Waals surface area contributed by atoms with Crippen LogP contribution in [0.25, 0.3) is 6.08 Å². The number of halogens is 1. The van der Waals surface area contributed by atoms with Crippen LogP contribution < -0.4 is 4.74 Å². The molecule has 0 unspecified atom stereocenters. The molecule has 23 heavy (non-hydrogen) atoms. The maximum atomic E-state index is 12.2. The summed E-state index contributed by atoms with van der Waals surface area (Å²) in [6.07, 6.45) is 1.54. The van der Waals surface area contributed by atoms with Crippen LogP contribution in [-0.2, 0) is 14.3 Å². The van der Waals surface area contributed by atoms with Gasteiger partial charge in [-0.15, -0.1) is 0 Å². The highest BCUT2D eigenvalue weighted by atomic mass is 35.5. The standard InChI is InChI=1S/C15H14ClNO5S/c1-3-22-13(18)8-17-14(19)12(23-15(17)20)7-9-4-5-11(21-2)10(16)6-9/h4-7H,3,8H2,1-2H3/b12-7-. The second-order valence-corrected chi connectivity index (χ2v) is 5.87. The first-order valence-electron chi connectivity index (χ1n) is 6.70. The van der Waals surface area contributed by atoms with Crippen molar-refractivity contribution in [1.29, 1.82) is 0 Å². The van der Waals surface area contributed by atoms with Crippen molar-refractivity contribution < 1.29 is 23.9 Å². The van der Waals surface area contributed by atoms with E-state index in [9.17, 15) is 14.4 Å². The van der Waals surface area contributed by atoms with Gasteiger partial charge in [-0.2, -0.15) is 0 Å². The van der Waals surface area contributed by atoms with Gasteiger partial charge in [0, 0.05) is 0 Å². The fraction of sp³-hybridized carbons (Fsp3) is 0.267. The number of nitrogens with zero attached hydrogens (tertiary/aromatic N) is 1. The molecule has 0 aromatic heterocycles. The molecule has 1 aromatic carbocycles. The molecule has 0 atom stereocenters. The van der Waals surface area contributed by atoms with Crippen molar-refractivity contribution in [2.45, 2.75) is 6.92 Å². The van der Waals surface area contributed by atoms with Crippen LogP contribution >= 0.6 is 23.4 Å². The van der Waals surface area contributed by atoms with Gasteiger partial charge in [-0.1, -0.05) is 17.7 Å². The molecule has 0 radical (unpaired) electrons. The molecule has 1 saturated heterocycles. The highest BCUT2D eigenvalue weighted by Gasteiger charge is 2.36. The highest BCUT2D eigenvalue weighted by molar-refractivity contribution is 8.18. The predicted molar refractivity (Wildman–Crippen MR) is 87.3 cm³/mol. The smallest absolute Gasteiger partial charge is 0.326 e. The van der Waals surface area contributed by atoms with Crippen LogP contribution in [0.4, 0.5) is 4.79 Å². The van der Waals surface area contributed by atoms with Gasteiger partial charge in [-0.25, -0.2) is 0 Å². The predicted octanol–water partition coefficient (Wildman–Crippen LogP) is 2.95. The number of rotatable bonds is 5. The van der Waals surface area contributed by atoms with E-state index in [1.54, 1.807) is 31.2 Å². The summed E-state index contributed by atoms with van der Waals surface area (Å²) in [4.78, 5) is 36.6. The normalized spacial score (nSPS) is 16.1. The van der Waals surface area contributed by atoms with Gasteiger partial charge >= 0.3 is 5.97 Å². The van der Waals surface area contributed by atoms with Gasteiger partial charge in [0.2, 0.25) is 0 Å². The molecule has 1 aromatic rings. The Morgan fingerprint density at radius 3 is 2.74 bits per heavy atom. The first kappa shape index (κ1) is 17.4. The van der Waals surface area contributed by atoms with Crippen molar-refractivity contribution in [1.82, 2.24) is 4.90 Å². The average Bonchev–Trinajstić information content (AvgIpc) is 2.75. The molecule has 0 N–H and O–H groups in total. The summed E-state index contributed by atoms with van der Waals surface area (Å²) in [5.74, 6) is -0.636. The monoisotopic (exact) mass is 355 g/mol. The van der Waals surface area contributed by atoms with E-state index in [4.69, 9.17) is 21.1 Å². The van der Waals surface area contributed by atoms with Gasteiger partial charge in [-0.3, -0.25) is 19.3 Å². The summed E-state index contributed by atoms with van der Waals surface area (Å²) >= 11 is 6.80. The summed E-state index contributed by atoms with van der Waals surface area (Å²) in [5, 5.41) is -0.110. The number of hydrogen-bond acceptors (Lipinski definition) is 6. The van der Waals surface area contributed by atoms with E-state index in [2.05, 4.69) is 0 Å². The van der Waals surface area contributed by atoms with Crippen molar-refractivity contribution in [2.75, 3.05) is 20.3 Å². The molecule has 6 nitrogen and oxygen atoms in total. The number of amides is 2. The largest absolute Gasteiger partial charge is 0.495 e. The van der Waals surface area contributed by atoms with Gasteiger partial charge in [0.05, 0.1) is 23.6 Å². The maximum absolute atomic E-state index is 12.2. The van der Waals surface area contributed by atoms with Crippen LogP contribution in [0.2, 0.25) is 5.02 Å².